The van der Waals surface area contributed by atoms with E-state index in [9.17, 15) is 14.4 Å². The summed E-state index contributed by atoms with van der Waals surface area (Å²) in [7, 11) is 0. The molecule has 0 atom stereocenters. The molecule has 9 heteroatoms. The number of carbonyl (C=O) groups is 3. The molecule has 1 spiro atoms. The summed E-state index contributed by atoms with van der Waals surface area (Å²) >= 11 is 1.55. The molecule has 2 aliphatic rings. The molecule has 32 heavy (non-hydrogen) atoms. The Hall–Kier alpha value is -3.20. The van der Waals surface area contributed by atoms with Gasteiger partial charge in [0, 0.05) is 37.1 Å². The molecule has 2 amide bonds. The fraction of sp³-hybridized carbons (Fsp3) is 0.391. The standard InChI is InChI=1S/C23H24N4O4S/c1-15-2-3-16-13-19(32-18(16)12-15)20(28)26-11-7-23(14-26)5-9-25(10-6-23)22(31)27-8-4-17(24-27)21(29)30/h2-4,8,12-13H,5-7,9-11,14H2,1H3,(H,29,30). The van der Waals surface area contributed by atoms with Crippen LogP contribution in [0.2, 0.25) is 0 Å². The molecular formula is C23H24N4O4S. The average molecular weight is 453 g/mol. The monoisotopic (exact) mass is 452 g/mol. The zero-order valence-electron chi connectivity index (χ0n) is 17.8. The maximum atomic E-state index is 13.2. The quantitative estimate of drug-likeness (QED) is 0.640. The van der Waals surface area contributed by atoms with Gasteiger partial charge in [-0.15, -0.1) is 11.3 Å². The molecule has 5 rings (SSSR count). The van der Waals surface area contributed by atoms with Crippen molar-refractivity contribution in [2.45, 2.75) is 26.2 Å². The third kappa shape index (κ3) is 3.66. The predicted octanol–water partition coefficient (Wildman–Crippen LogP) is 3.70. The minimum Gasteiger partial charge on any atom is -0.476 e. The van der Waals surface area contributed by atoms with E-state index in [1.165, 1.54) is 17.8 Å². The van der Waals surface area contributed by atoms with Crippen LogP contribution in [0.15, 0.2) is 36.5 Å². The van der Waals surface area contributed by atoms with Crippen molar-refractivity contribution >= 4 is 39.3 Å². The van der Waals surface area contributed by atoms with E-state index in [4.69, 9.17) is 5.11 Å². The third-order valence-electron chi connectivity index (χ3n) is 6.71. The molecule has 3 aromatic rings. The van der Waals surface area contributed by atoms with E-state index < -0.39 is 5.97 Å². The fourth-order valence-corrected chi connectivity index (χ4v) is 5.91. The van der Waals surface area contributed by atoms with Gasteiger partial charge in [0.15, 0.2) is 5.69 Å². The summed E-state index contributed by atoms with van der Waals surface area (Å²) in [4.78, 5) is 41.3. The van der Waals surface area contributed by atoms with Gasteiger partial charge >= 0.3 is 12.0 Å². The van der Waals surface area contributed by atoms with Crippen LogP contribution in [0.4, 0.5) is 4.79 Å². The summed E-state index contributed by atoms with van der Waals surface area (Å²) < 4.78 is 2.23. The number of rotatable bonds is 2. The molecule has 166 valence electrons. The van der Waals surface area contributed by atoms with E-state index in [0.717, 1.165) is 45.5 Å². The number of nitrogens with zero attached hydrogens (tertiary/aromatic N) is 4. The second-order valence-corrected chi connectivity index (χ2v) is 9.93. The van der Waals surface area contributed by atoms with E-state index in [-0.39, 0.29) is 23.0 Å². The predicted molar refractivity (Wildman–Crippen MR) is 120 cm³/mol. The maximum Gasteiger partial charge on any atom is 0.356 e. The lowest BCUT2D eigenvalue weighted by Crippen LogP contribution is -2.46. The molecule has 0 radical (unpaired) electrons. The lowest BCUT2D eigenvalue weighted by molar-refractivity contribution is 0.0687. The van der Waals surface area contributed by atoms with Gasteiger partial charge < -0.3 is 14.9 Å². The van der Waals surface area contributed by atoms with Crippen LogP contribution in [0.3, 0.4) is 0 Å². The summed E-state index contributed by atoms with van der Waals surface area (Å²) in [5.74, 6) is -1.06. The topological polar surface area (TPSA) is 95.7 Å². The number of piperidine rings is 1. The first-order valence-electron chi connectivity index (χ1n) is 10.7. The van der Waals surface area contributed by atoms with Crippen molar-refractivity contribution in [3.8, 4) is 0 Å². The van der Waals surface area contributed by atoms with Gasteiger partial charge in [0.1, 0.15) is 0 Å². The fourth-order valence-electron chi connectivity index (χ4n) is 4.78. The number of aryl methyl sites for hydroxylation is 1. The Bertz CT molecular complexity index is 1220. The lowest BCUT2D eigenvalue weighted by Gasteiger charge is -2.38. The van der Waals surface area contributed by atoms with Crippen molar-refractivity contribution in [2.24, 2.45) is 5.41 Å². The van der Waals surface area contributed by atoms with E-state index in [0.29, 0.717) is 19.6 Å². The second-order valence-electron chi connectivity index (χ2n) is 8.85. The summed E-state index contributed by atoms with van der Waals surface area (Å²) in [6.45, 7) is 4.66. The molecule has 1 N–H and O–H groups in total. The molecule has 2 saturated heterocycles. The largest absolute Gasteiger partial charge is 0.476 e. The van der Waals surface area contributed by atoms with Crippen molar-refractivity contribution in [2.75, 3.05) is 26.2 Å². The zero-order valence-corrected chi connectivity index (χ0v) is 18.6. The number of hydrogen-bond donors (Lipinski definition) is 1. The molecular weight excluding hydrogens is 428 g/mol. The SMILES string of the molecule is Cc1ccc2cc(C(=O)N3CCC4(CCN(C(=O)n5ccc(C(=O)O)n5)CC4)C3)sc2c1. The van der Waals surface area contributed by atoms with Crippen molar-refractivity contribution in [1.29, 1.82) is 0 Å². The number of aromatic carboxylic acids is 1. The van der Waals surface area contributed by atoms with Crippen LogP contribution in [0.5, 0.6) is 0 Å². The van der Waals surface area contributed by atoms with E-state index in [1.807, 2.05) is 11.0 Å². The van der Waals surface area contributed by atoms with Crippen molar-refractivity contribution < 1.29 is 19.5 Å². The van der Waals surface area contributed by atoms with Crippen molar-refractivity contribution in [3.63, 3.8) is 0 Å². The highest BCUT2D eigenvalue weighted by atomic mass is 32.1. The highest BCUT2D eigenvalue weighted by Crippen LogP contribution is 2.41. The number of likely N-dealkylation sites (tertiary alicyclic amines) is 2. The van der Waals surface area contributed by atoms with Gasteiger partial charge in [-0.25, -0.2) is 9.59 Å². The van der Waals surface area contributed by atoms with E-state index in [1.54, 1.807) is 16.2 Å². The van der Waals surface area contributed by atoms with Crippen LogP contribution >= 0.6 is 11.3 Å². The molecule has 4 heterocycles. The molecule has 1 aromatic carbocycles. The Morgan fingerprint density at radius 3 is 2.44 bits per heavy atom. The van der Waals surface area contributed by atoms with Gasteiger partial charge in [-0.3, -0.25) is 4.79 Å². The molecule has 2 aliphatic heterocycles. The van der Waals surface area contributed by atoms with Crippen LogP contribution in [0, 0.1) is 12.3 Å². The van der Waals surface area contributed by atoms with Crippen LogP contribution in [-0.4, -0.2) is 68.8 Å². The van der Waals surface area contributed by atoms with Gasteiger partial charge in [-0.05, 0) is 60.7 Å². The molecule has 2 fully saturated rings. The van der Waals surface area contributed by atoms with Gasteiger partial charge in [-0.1, -0.05) is 12.1 Å². The molecule has 0 saturated carbocycles. The highest BCUT2D eigenvalue weighted by molar-refractivity contribution is 7.20. The smallest absolute Gasteiger partial charge is 0.356 e. The lowest BCUT2D eigenvalue weighted by atomic mass is 9.78. The minimum absolute atomic E-state index is 0.0377. The van der Waals surface area contributed by atoms with Crippen LogP contribution in [-0.2, 0) is 0 Å². The first-order chi connectivity index (χ1) is 15.3. The Morgan fingerprint density at radius 1 is 1.03 bits per heavy atom. The van der Waals surface area contributed by atoms with Crippen LogP contribution in [0.25, 0.3) is 10.1 Å². The van der Waals surface area contributed by atoms with Gasteiger partial charge in [0.25, 0.3) is 5.91 Å². The van der Waals surface area contributed by atoms with Crippen molar-refractivity contribution in [1.82, 2.24) is 19.6 Å². The number of benzene rings is 1. The number of amides is 2. The number of carboxylic acid groups (broad SMARTS) is 1. The Balaban J connectivity index is 1.22. The average Bonchev–Trinajstić information content (AvgIpc) is 3.51. The number of hydrogen-bond acceptors (Lipinski definition) is 5. The Kier molecular flexibility index (Phi) is 5.00. The second kappa shape index (κ2) is 7.74. The van der Waals surface area contributed by atoms with Crippen molar-refractivity contribution in [3.05, 3.63) is 52.7 Å². The van der Waals surface area contributed by atoms with E-state index in [2.05, 4.69) is 30.2 Å². The molecule has 0 unspecified atom stereocenters. The van der Waals surface area contributed by atoms with Gasteiger partial charge in [0.2, 0.25) is 0 Å². The summed E-state index contributed by atoms with van der Waals surface area (Å²) in [5, 5.41) is 13.9. The van der Waals surface area contributed by atoms with E-state index >= 15 is 0 Å². The number of carboxylic acids is 1. The van der Waals surface area contributed by atoms with Gasteiger partial charge in [0.05, 0.1) is 4.88 Å². The number of fused-ring (bicyclic) bond motifs is 1. The summed E-state index contributed by atoms with van der Waals surface area (Å²) in [5.41, 5.74) is 1.08. The Labute approximate surface area is 189 Å². The van der Waals surface area contributed by atoms with Crippen LogP contribution < -0.4 is 0 Å². The first-order valence-corrected chi connectivity index (χ1v) is 11.5. The first kappa shape index (κ1) is 20.7. The Morgan fingerprint density at radius 2 is 1.75 bits per heavy atom. The van der Waals surface area contributed by atoms with Crippen LogP contribution in [0.1, 0.15) is 45.0 Å². The summed E-state index contributed by atoms with van der Waals surface area (Å²) in [6.07, 6.45) is 3.97. The number of aromatic nitrogens is 2. The number of thiophene rings is 1. The zero-order chi connectivity index (χ0) is 22.5. The third-order valence-corrected chi connectivity index (χ3v) is 7.80. The molecule has 2 aromatic heterocycles. The minimum atomic E-state index is -1.15. The highest BCUT2D eigenvalue weighted by Gasteiger charge is 2.43. The maximum absolute atomic E-state index is 13.2. The molecule has 0 bridgehead atoms. The molecule has 8 nitrogen and oxygen atoms in total. The normalized spacial score (nSPS) is 17.9. The summed E-state index contributed by atoms with van der Waals surface area (Å²) in [6, 6.07) is 9.25. The molecule has 0 aliphatic carbocycles. The van der Waals surface area contributed by atoms with Gasteiger partial charge in [-0.2, -0.15) is 9.78 Å². The number of carbonyl (C=O) groups excluding carboxylic acids is 2.